The number of hydrogen-bond donors (Lipinski definition) is 3. The lowest BCUT2D eigenvalue weighted by atomic mass is 10.1. The summed E-state index contributed by atoms with van der Waals surface area (Å²) in [5, 5.41) is 8.73. The van der Waals surface area contributed by atoms with Crippen LogP contribution in [-0.2, 0) is 14.3 Å². The van der Waals surface area contributed by atoms with Crippen LogP contribution in [0.25, 0.3) is 0 Å². The van der Waals surface area contributed by atoms with E-state index in [-0.39, 0.29) is 17.9 Å². The SMILES string of the molecule is COCCNC(=O)CCNC1CCCCNC1=O. The molecule has 1 rings (SSSR count). The van der Waals surface area contributed by atoms with E-state index in [9.17, 15) is 9.59 Å². The fourth-order valence-corrected chi connectivity index (χ4v) is 1.87. The Kier molecular flexibility index (Phi) is 7.36. The second-order valence-electron chi connectivity index (χ2n) is 4.39. The Hall–Kier alpha value is -1.14. The molecule has 3 N–H and O–H groups in total. The number of methoxy groups -OCH3 is 1. The van der Waals surface area contributed by atoms with Gasteiger partial charge >= 0.3 is 0 Å². The first kappa shape index (κ1) is 14.9. The minimum Gasteiger partial charge on any atom is -0.383 e. The number of carbonyl (C=O) groups is 2. The smallest absolute Gasteiger partial charge is 0.237 e. The Morgan fingerprint density at radius 1 is 1.44 bits per heavy atom. The van der Waals surface area contributed by atoms with Gasteiger partial charge in [-0.1, -0.05) is 0 Å². The van der Waals surface area contributed by atoms with Gasteiger partial charge in [-0.3, -0.25) is 9.59 Å². The Labute approximate surface area is 108 Å². The van der Waals surface area contributed by atoms with E-state index in [4.69, 9.17) is 4.74 Å². The molecule has 1 unspecified atom stereocenters. The van der Waals surface area contributed by atoms with Crippen molar-refractivity contribution in [2.24, 2.45) is 0 Å². The highest BCUT2D eigenvalue weighted by molar-refractivity contribution is 5.82. The molecule has 104 valence electrons. The zero-order valence-electron chi connectivity index (χ0n) is 11.0. The van der Waals surface area contributed by atoms with Gasteiger partial charge in [0.2, 0.25) is 11.8 Å². The van der Waals surface area contributed by atoms with Crippen molar-refractivity contribution in [1.82, 2.24) is 16.0 Å². The predicted molar refractivity (Wildman–Crippen MR) is 68.2 cm³/mol. The van der Waals surface area contributed by atoms with Gasteiger partial charge in [-0.15, -0.1) is 0 Å². The molecule has 0 bridgehead atoms. The van der Waals surface area contributed by atoms with Gasteiger partial charge in [-0.05, 0) is 19.3 Å². The fraction of sp³-hybridized carbons (Fsp3) is 0.833. The van der Waals surface area contributed by atoms with Gasteiger partial charge in [0.1, 0.15) is 0 Å². The molecule has 1 aliphatic heterocycles. The molecular weight excluding hydrogens is 234 g/mol. The first-order valence-corrected chi connectivity index (χ1v) is 6.50. The molecule has 0 radical (unpaired) electrons. The number of nitrogens with one attached hydrogen (secondary N) is 3. The lowest BCUT2D eigenvalue weighted by molar-refractivity contribution is -0.124. The van der Waals surface area contributed by atoms with Crippen molar-refractivity contribution < 1.29 is 14.3 Å². The van der Waals surface area contributed by atoms with Crippen LogP contribution < -0.4 is 16.0 Å². The minimum absolute atomic E-state index is 0.0198. The number of rotatable bonds is 7. The van der Waals surface area contributed by atoms with Crippen LogP contribution in [0.3, 0.4) is 0 Å². The molecule has 0 aromatic carbocycles. The van der Waals surface area contributed by atoms with Crippen molar-refractivity contribution in [2.75, 3.05) is 33.4 Å². The Morgan fingerprint density at radius 3 is 3.06 bits per heavy atom. The second-order valence-corrected chi connectivity index (χ2v) is 4.39. The molecule has 0 aliphatic carbocycles. The number of ether oxygens (including phenoxy) is 1. The molecular formula is C12H23N3O3. The van der Waals surface area contributed by atoms with E-state index in [1.807, 2.05) is 0 Å². The van der Waals surface area contributed by atoms with Crippen LogP contribution in [0.4, 0.5) is 0 Å². The third kappa shape index (κ3) is 5.97. The summed E-state index contributed by atoms with van der Waals surface area (Å²) in [5.41, 5.74) is 0. The molecule has 6 heteroatoms. The molecule has 0 spiro atoms. The van der Waals surface area contributed by atoms with Crippen molar-refractivity contribution in [3.63, 3.8) is 0 Å². The van der Waals surface area contributed by atoms with Crippen LogP contribution in [0, 0.1) is 0 Å². The van der Waals surface area contributed by atoms with Crippen molar-refractivity contribution in [3.05, 3.63) is 0 Å². The molecule has 1 heterocycles. The van der Waals surface area contributed by atoms with Crippen LogP contribution in [-0.4, -0.2) is 51.2 Å². The van der Waals surface area contributed by atoms with Gasteiger partial charge in [0.25, 0.3) is 0 Å². The summed E-state index contributed by atoms with van der Waals surface area (Å²) < 4.78 is 4.84. The van der Waals surface area contributed by atoms with Gasteiger partial charge in [0, 0.05) is 33.2 Å². The highest BCUT2D eigenvalue weighted by atomic mass is 16.5. The van der Waals surface area contributed by atoms with Crippen LogP contribution in [0.1, 0.15) is 25.7 Å². The summed E-state index contributed by atoms with van der Waals surface area (Å²) in [5.74, 6) is 0.0286. The quantitative estimate of drug-likeness (QED) is 0.532. The third-order valence-electron chi connectivity index (χ3n) is 2.91. The van der Waals surface area contributed by atoms with Crippen LogP contribution >= 0.6 is 0 Å². The standard InChI is InChI=1S/C12H23N3O3/c1-18-9-8-14-11(16)5-7-13-10-4-2-3-6-15-12(10)17/h10,13H,2-9H2,1H3,(H,14,16)(H,15,17). The summed E-state index contributed by atoms with van der Waals surface area (Å²) in [7, 11) is 1.60. The number of amides is 2. The van der Waals surface area contributed by atoms with E-state index in [0.29, 0.717) is 26.1 Å². The van der Waals surface area contributed by atoms with E-state index in [1.165, 1.54) is 0 Å². The maximum atomic E-state index is 11.6. The van der Waals surface area contributed by atoms with Gasteiger partial charge in [0.15, 0.2) is 0 Å². The van der Waals surface area contributed by atoms with Crippen molar-refractivity contribution in [1.29, 1.82) is 0 Å². The summed E-state index contributed by atoms with van der Waals surface area (Å²) in [6.07, 6.45) is 3.29. The zero-order chi connectivity index (χ0) is 13.2. The molecule has 1 fully saturated rings. The first-order valence-electron chi connectivity index (χ1n) is 6.50. The Bertz CT molecular complexity index is 271. The highest BCUT2D eigenvalue weighted by Crippen LogP contribution is 2.04. The molecule has 18 heavy (non-hydrogen) atoms. The second kappa shape index (κ2) is 8.88. The fourth-order valence-electron chi connectivity index (χ4n) is 1.87. The molecule has 0 aromatic rings. The average Bonchev–Trinajstić information content (AvgIpc) is 2.55. The van der Waals surface area contributed by atoms with Crippen LogP contribution in [0.2, 0.25) is 0 Å². The zero-order valence-corrected chi connectivity index (χ0v) is 11.0. The summed E-state index contributed by atoms with van der Waals surface area (Å²) >= 11 is 0. The lowest BCUT2D eigenvalue weighted by Crippen LogP contribution is -2.44. The molecule has 0 aromatic heterocycles. The van der Waals surface area contributed by atoms with Crippen LogP contribution in [0.5, 0.6) is 0 Å². The van der Waals surface area contributed by atoms with Gasteiger partial charge in [0.05, 0.1) is 12.6 Å². The lowest BCUT2D eigenvalue weighted by Gasteiger charge is -2.14. The molecule has 1 saturated heterocycles. The predicted octanol–water partition coefficient (Wildman–Crippen LogP) is -0.603. The Balaban J connectivity index is 2.12. The van der Waals surface area contributed by atoms with E-state index < -0.39 is 0 Å². The molecule has 1 aliphatic rings. The maximum Gasteiger partial charge on any atom is 0.237 e. The summed E-state index contributed by atoms with van der Waals surface area (Å²) in [4.78, 5) is 23.0. The van der Waals surface area contributed by atoms with Gasteiger partial charge < -0.3 is 20.7 Å². The van der Waals surface area contributed by atoms with Crippen LogP contribution in [0.15, 0.2) is 0 Å². The minimum atomic E-state index is -0.153. The molecule has 1 atom stereocenters. The average molecular weight is 257 g/mol. The molecule has 2 amide bonds. The largest absolute Gasteiger partial charge is 0.383 e. The van der Waals surface area contributed by atoms with Crippen molar-refractivity contribution in [3.8, 4) is 0 Å². The van der Waals surface area contributed by atoms with Crippen molar-refractivity contribution >= 4 is 11.8 Å². The van der Waals surface area contributed by atoms with E-state index in [0.717, 1.165) is 25.8 Å². The molecule has 0 saturated carbocycles. The number of carbonyl (C=O) groups excluding carboxylic acids is 2. The van der Waals surface area contributed by atoms with Gasteiger partial charge in [-0.25, -0.2) is 0 Å². The summed E-state index contributed by atoms with van der Waals surface area (Å²) in [6, 6.07) is -0.153. The molecule has 6 nitrogen and oxygen atoms in total. The topological polar surface area (TPSA) is 79.5 Å². The Morgan fingerprint density at radius 2 is 2.28 bits per heavy atom. The van der Waals surface area contributed by atoms with E-state index in [2.05, 4.69) is 16.0 Å². The van der Waals surface area contributed by atoms with E-state index in [1.54, 1.807) is 7.11 Å². The third-order valence-corrected chi connectivity index (χ3v) is 2.91. The normalized spacial score (nSPS) is 20.1. The van der Waals surface area contributed by atoms with Gasteiger partial charge in [-0.2, -0.15) is 0 Å². The monoisotopic (exact) mass is 257 g/mol. The summed E-state index contributed by atoms with van der Waals surface area (Å²) in [6.45, 7) is 2.33. The van der Waals surface area contributed by atoms with Crippen molar-refractivity contribution in [2.45, 2.75) is 31.7 Å². The maximum absolute atomic E-state index is 11.6. The highest BCUT2D eigenvalue weighted by Gasteiger charge is 2.19. The number of hydrogen-bond acceptors (Lipinski definition) is 4. The first-order chi connectivity index (χ1) is 8.74. The van der Waals surface area contributed by atoms with E-state index >= 15 is 0 Å².